The van der Waals surface area contributed by atoms with E-state index in [-0.39, 0.29) is 12.4 Å². The summed E-state index contributed by atoms with van der Waals surface area (Å²) < 4.78 is 7.37. The number of benzene rings is 1. The summed E-state index contributed by atoms with van der Waals surface area (Å²) >= 11 is 0. The number of rotatable bonds is 4. The Kier molecular flexibility index (Phi) is 5.48. The summed E-state index contributed by atoms with van der Waals surface area (Å²) in [5, 5.41) is 1.19. The number of carbonyl (C=O) groups excluding carboxylic acids is 1. The molecule has 0 atom stereocenters. The predicted molar refractivity (Wildman–Crippen MR) is 131 cm³/mol. The number of aryl methyl sites for hydroxylation is 2. The van der Waals surface area contributed by atoms with E-state index in [1.54, 1.807) is 0 Å². The number of methoxy groups -OCH3 is 1. The number of esters is 1. The molecule has 2 aliphatic rings. The first kappa shape index (κ1) is 21.7. The number of hydrogen-bond donors (Lipinski definition) is 0. The van der Waals surface area contributed by atoms with Crippen LogP contribution in [0.1, 0.15) is 22.4 Å². The highest BCUT2D eigenvalue weighted by Gasteiger charge is 2.29. The molecule has 0 spiro atoms. The molecule has 3 aromatic rings. The lowest BCUT2D eigenvalue weighted by atomic mass is 9.93. The summed E-state index contributed by atoms with van der Waals surface area (Å²) in [7, 11) is 3.60. The molecular formula is C25H32N6O2. The second-order valence-electron chi connectivity index (χ2n) is 9.21. The zero-order valence-corrected chi connectivity index (χ0v) is 20.2. The van der Waals surface area contributed by atoms with E-state index in [2.05, 4.69) is 53.2 Å². The normalized spacial score (nSPS) is 16.5. The van der Waals surface area contributed by atoms with Crippen LogP contribution in [0.3, 0.4) is 0 Å². The average molecular weight is 449 g/mol. The Morgan fingerprint density at radius 2 is 1.70 bits per heavy atom. The molecule has 0 radical (unpaired) electrons. The van der Waals surface area contributed by atoms with Crippen LogP contribution in [0, 0.1) is 20.8 Å². The summed E-state index contributed by atoms with van der Waals surface area (Å²) in [5.74, 6) is 0.481. The van der Waals surface area contributed by atoms with Crippen LogP contribution in [-0.2, 0) is 22.5 Å². The van der Waals surface area contributed by atoms with Gasteiger partial charge in [0, 0.05) is 50.3 Å². The van der Waals surface area contributed by atoms with Crippen molar-refractivity contribution in [2.45, 2.75) is 33.7 Å². The minimum atomic E-state index is -0.223. The third-order valence-electron chi connectivity index (χ3n) is 7.29. The van der Waals surface area contributed by atoms with Gasteiger partial charge in [-0.25, -0.2) is 9.97 Å². The van der Waals surface area contributed by atoms with Gasteiger partial charge in [-0.05, 0) is 50.6 Å². The molecule has 0 unspecified atom stereocenters. The molecule has 5 rings (SSSR count). The van der Waals surface area contributed by atoms with Crippen LogP contribution >= 0.6 is 0 Å². The fourth-order valence-electron chi connectivity index (χ4n) is 5.28. The maximum atomic E-state index is 12.2. The van der Waals surface area contributed by atoms with Crippen molar-refractivity contribution in [2.75, 3.05) is 56.7 Å². The van der Waals surface area contributed by atoms with E-state index in [0.717, 1.165) is 67.3 Å². The van der Waals surface area contributed by atoms with Crippen LogP contribution in [0.25, 0.3) is 10.9 Å². The number of hydrogen-bond acceptors (Lipinski definition) is 7. The highest BCUT2D eigenvalue weighted by Crippen LogP contribution is 2.42. The van der Waals surface area contributed by atoms with Crippen LogP contribution in [-0.4, -0.2) is 72.3 Å². The SMILES string of the molecule is COC(=O)Cc1c(C)c2c3c(cc(C)n3CCN2c2ncc(N3CCN(C)CC3)cn2)c1C. The van der Waals surface area contributed by atoms with Crippen LogP contribution in [0.2, 0.25) is 0 Å². The Morgan fingerprint density at radius 3 is 2.36 bits per heavy atom. The summed E-state index contributed by atoms with van der Waals surface area (Å²) in [6.45, 7) is 12.1. The van der Waals surface area contributed by atoms with Crippen molar-refractivity contribution in [3.8, 4) is 0 Å². The van der Waals surface area contributed by atoms with Crippen molar-refractivity contribution in [1.29, 1.82) is 0 Å². The summed E-state index contributed by atoms with van der Waals surface area (Å²) in [6, 6.07) is 2.23. The van der Waals surface area contributed by atoms with Crippen molar-refractivity contribution < 1.29 is 9.53 Å². The Hall–Kier alpha value is -3.13. The maximum Gasteiger partial charge on any atom is 0.309 e. The van der Waals surface area contributed by atoms with Gasteiger partial charge in [-0.2, -0.15) is 0 Å². The van der Waals surface area contributed by atoms with Gasteiger partial charge < -0.3 is 24.0 Å². The molecule has 1 saturated heterocycles. The molecule has 8 heteroatoms. The van der Waals surface area contributed by atoms with Crippen LogP contribution in [0.4, 0.5) is 17.3 Å². The van der Waals surface area contributed by atoms with Crippen LogP contribution < -0.4 is 9.80 Å². The van der Waals surface area contributed by atoms with Crippen molar-refractivity contribution in [3.05, 3.63) is 40.8 Å². The number of likely N-dealkylation sites (N-methyl/N-ethyl adjacent to an activating group) is 1. The first-order valence-corrected chi connectivity index (χ1v) is 11.6. The third-order valence-corrected chi connectivity index (χ3v) is 7.29. The first-order chi connectivity index (χ1) is 15.9. The molecule has 0 aliphatic carbocycles. The van der Waals surface area contributed by atoms with Crippen molar-refractivity contribution in [2.24, 2.45) is 0 Å². The number of carbonyl (C=O) groups is 1. The topological polar surface area (TPSA) is 66.7 Å². The van der Waals surface area contributed by atoms with Crippen LogP contribution in [0.5, 0.6) is 0 Å². The molecule has 2 aliphatic heterocycles. The second kappa shape index (κ2) is 8.33. The van der Waals surface area contributed by atoms with Gasteiger partial charge in [0.15, 0.2) is 0 Å². The molecule has 0 N–H and O–H groups in total. The minimum absolute atomic E-state index is 0.223. The van der Waals surface area contributed by atoms with Gasteiger partial charge in [-0.1, -0.05) is 0 Å². The number of ether oxygens (including phenoxy) is 1. The van der Waals surface area contributed by atoms with E-state index in [1.807, 2.05) is 12.4 Å². The van der Waals surface area contributed by atoms with Gasteiger partial charge >= 0.3 is 5.97 Å². The van der Waals surface area contributed by atoms with Crippen LogP contribution in [0.15, 0.2) is 18.5 Å². The van der Waals surface area contributed by atoms with E-state index < -0.39 is 0 Å². The number of aromatic nitrogens is 3. The lowest BCUT2D eigenvalue weighted by molar-refractivity contribution is -0.139. The Balaban J connectivity index is 1.57. The highest BCUT2D eigenvalue weighted by atomic mass is 16.5. The maximum absolute atomic E-state index is 12.2. The molecule has 1 aromatic carbocycles. The summed E-state index contributed by atoms with van der Waals surface area (Å²) in [4.78, 5) is 28.7. The largest absolute Gasteiger partial charge is 0.469 e. The standard InChI is InChI=1S/C25H32N6O2/c1-16-12-21-17(2)20(13-22(32)33-5)18(3)23-24(21)30(16)10-11-31(23)25-26-14-19(15-27-25)29-8-6-28(4)7-9-29/h12,14-15H,6-11,13H2,1-5H3. The first-order valence-electron chi connectivity index (χ1n) is 11.6. The van der Waals surface area contributed by atoms with E-state index in [1.165, 1.54) is 23.7 Å². The number of anilines is 3. The lowest BCUT2D eigenvalue weighted by Crippen LogP contribution is -2.44. The molecule has 0 saturated carbocycles. The van der Waals surface area contributed by atoms with E-state index in [4.69, 9.17) is 14.7 Å². The second-order valence-corrected chi connectivity index (χ2v) is 9.21. The fraction of sp³-hybridized carbons (Fsp3) is 0.480. The van der Waals surface area contributed by atoms with Gasteiger partial charge in [-0.3, -0.25) is 4.79 Å². The Morgan fingerprint density at radius 1 is 1.00 bits per heavy atom. The van der Waals surface area contributed by atoms with E-state index in [9.17, 15) is 4.79 Å². The number of piperazine rings is 1. The minimum Gasteiger partial charge on any atom is -0.469 e. The van der Waals surface area contributed by atoms with Crippen molar-refractivity contribution >= 4 is 34.2 Å². The Bertz CT molecular complexity index is 1210. The highest BCUT2D eigenvalue weighted by molar-refractivity contribution is 6.00. The zero-order chi connectivity index (χ0) is 23.3. The van der Waals surface area contributed by atoms with Crippen molar-refractivity contribution in [1.82, 2.24) is 19.4 Å². The molecule has 174 valence electrons. The smallest absolute Gasteiger partial charge is 0.309 e. The van der Waals surface area contributed by atoms with Gasteiger partial charge in [0.05, 0.1) is 42.8 Å². The molecule has 0 bridgehead atoms. The van der Waals surface area contributed by atoms with E-state index in [0.29, 0.717) is 5.95 Å². The molecule has 8 nitrogen and oxygen atoms in total. The van der Waals surface area contributed by atoms with Crippen molar-refractivity contribution in [3.63, 3.8) is 0 Å². The average Bonchev–Trinajstić information content (AvgIpc) is 3.17. The van der Waals surface area contributed by atoms with E-state index >= 15 is 0 Å². The molecule has 33 heavy (non-hydrogen) atoms. The predicted octanol–water partition coefficient (Wildman–Crippen LogP) is 2.98. The van der Waals surface area contributed by atoms with Gasteiger partial charge in [0.1, 0.15) is 0 Å². The Labute approximate surface area is 194 Å². The summed E-state index contributed by atoms with van der Waals surface area (Å²) in [6.07, 6.45) is 4.16. The monoisotopic (exact) mass is 448 g/mol. The van der Waals surface area contributed by atoms with Gasteiger partial charge in [-0.15, -0.1) is 0 Å². The molecular weight excluding hydrogens is 416 g/mol. The quantitative estimate of drug-likeness (QED) is 0.569. The molecule has 1 fully saturated rings. The number of nitrogens with zero attached hydrogens (tertiary/aromatic N) is 6. The molecule has 2 aromatic heterocycles. The molecule has 4 heterocycles. The summed E-state index contributed by atoms with van der Waals surface area (Å²) in [5.41, 5.74) is 7.87. The fourth-order valence-corrected chi connectivity index (χ4v) is 5.28. The van der Waals surface area contributed by atoms with Gasteiger partial charge in [0.25, 0.3) is 0 Å². The molecule has 0 amide bonds. The van der Waals surface area contributed by atoms with Gasteiger partial charge in [0.2, 0.25) is 5.95 Å². The third kappa shape index (κ3) is 3.62. The lowest BCUT2D eigenvalue weighted by Gasteiger charge is -2.34. The zero-order valence-electron chi connectivity index (χ0n) is 20.2.